The van der Waals surface area contributed by atoms with Crippen LogP contribution in [0.15, 0.2) is 59.5 Å². The summed E-state index contributed by atoms with van der Waals surface area (Å²) in [6.07, 6.45) is 1.37. The van der Waals surface area contributed by atoms with Crippen molar-refractivity contribution in [3.63, 3.8) is 0 Å². The van der Waals surface area contributed by atoms with Gasteiger partial charge in [0.15, 0.2) is 0 Å². The molecular formula is C19H22N2O3S. The summed E-state index contributed by atoms with van der Waals surface area (Å²) < 4.78 is 26.9. The lowest BCUT2D eigenvalue weighted by molar-refractivity contribution is -0.120. The zero-order valence-electron chi connectivity index (χ0n) is 14.2. The van der Waals surface area contributed by atoms with E-state index in [0.29, 0.717) is 19.4 Å². The zero-order chi connectivity index (χ0) is 17.9. The van der Waals surface area contributed by atoms with Gasteiger partial charge in [-0.05, 0) is 49.6 Å². The van der Waals surface area contributed by atoms with Crippen molar-refractivity contribution in [2.45, 2.75) is 24.7 Å². The lowest BCUT2D eigenvalue weighted by atomic mass is 9.98. The number of aryl methyl sites for hydroxylation is 1. The molecule has 0 aromatic heterocycles. The maximum atomic E-state index is 12.8. The molecule has 0 saturated carbocycles. The number of anilines is 1. The molecule has 1 amide bonds. The van der Waals surface area contributed by atoms with Gasteiger partial charge in [0.2, 0.25) is 15.9 Å². The Morgan fingerprint density at radius 2 is 1.88 bits per heavy atom. The Hall–Kier alpha value is -2.18. The van der Waals surface area contributed by atoms with Gasteiger partial charge in [-0.2, -0.15) is 4.31 Å². The molecule has 3 rings (SSSR count). The fourth-order valence-electron chi connectivity index (χ4n) is 3.08. The van der Waals surface area contributed by atoms with Crippen molar-refractivity contribution >= 4 is 21.6 Å². The van der Waals surface area contributed by atoms with Gasteiger partial charge in [0.1, 0.15) is 0 Å². The van der Waals surface area contributed by atoms with Crippen LogP contribution in [0.3, 0.4) is 0 Å². The van der Waals surface area contributed by atoms with Crippen molar-refractivity contribution in [1.82, 2.24) is 4.31 Å². The van der Waals surface area contributed by atoms with E-state index in [0.717, 1.165) is 11.3 Å². The molecule has 2 aromatic rings. The number of nitrogens with zero attached hydrogens (tertiary/aromatic N) is 1. The molecule has 1 N–H and O–H groups in total. The number of carbonyl (C=O) groups is 1. The fraction of sp³-hybridized carbons (Fsp3) is 0.316. The summed E-state index contributed by atoms with van der Waals surface area (Å²) in [5.41, 5.74) is 1.81. The maximum Gasteiger partial charge on any atom is 0.243 e. The predicted octanol–water partition coefficient (Wildman–Crippen LogP) is 3.03. The molecule has 1 aliphatic rings. The second kappa shape index (κ2) is 7.37. The molecule has 0 radical (unpaired) electrons. The molecule has 1 aliphatic heterocycles. The number of piperidine rings is 1. The second-order valence-corrected chi connectivity index (χ2v) is 8.31. The SMILES string of the molecule is Cc1cccc(NC(=O)C2CCCN(S(=O)(=O)c3ccccc3)C2)c1. The first-order chi connectivity index (χ1) is 12.0. The Labute approximate surface area is 148 Å². The minimum absolute atomic E-state index is 0.126. The van der Waals surface area contributed by atoms with Gasteiger partial charge < -0.3 is 5.32 Å². The van der Waals surface area contributed by atoms with Crippen LogP contribution in [0.1, 0.15) is 18.4 Å². The zero-order valence-corrected chi connectivity index (χ0v) is 15.0. The Morgan fingerprint density at radius 3 is 2.60 bits per heavy atom. The third kappa shape index (κ3) is 4.08. The van der Waals surface area contributed by atoms with E-state index in [4.69, 9.17) is 0 Å². The lowest BCUT2D eigenvalue weighted by Gasteiger charge is -2.31. The number of nitrogens with one attached hydrogen (secondary N) is 1. The summed E-state index contributed by atoms with van der Waals surface area (Å²) in [6, 6.07) is 16.0. The van der Waals surface area contributed by atoms with Crippen LogP contribution >= 0.6 is 0 Å². The van der Waals surface area contributed by atoms with Crippen molar-refractivity contribution in [2.75, 3.05) is 18.4 Å². The first-order valence-corrected chi connectivity index (χ1v) is 9.83. The third-order valence-electron chi connectivity index (χ3n) is 4.42. The van der Waals surface area contributed by atoms with Crippen molar-refractivity contribution in [3.05, 3.63) is 60.2 Å². The fourth-order valence-corrected chi connectivity index (χ4v) is 4.63. The Balaban J connectivity index is 1.71. The largest absolute Gasteiger partial charge is 0.326 e. The van der Waals surface area contributed by atoms with Gasteiger partial charge in [-0.1, -0.05) is 30.3 Å². The Kier molecular flexibility index (Phi) is 5.20. The number of sulfonamides is 1. The van der Waals surface area contributed by atoms with Gasteiger partial charge in [0, 0.05) is 18.8 Å². The predicted molar refractivity (Wildman–Crippen MR) is 97.7 cm³/mol. The summed E-state index contributed by atoms with van der Waals surface area (Å²) in [5.74, 6) is -0.466. The molecule has 1 heterocycles. The van der Waals surface area contributed by atoms with Gasteiger partial charge in [-0.3, -0.25) is 4.79 Å². The highest BCUT2D eigenvalue weighted by Gasteiger charge is 2.33. The van der Waals surface area contributed by atoms with Crippen molar-refractivity contribution in [2.24, 2.45) is 5.92 Å². The monoisotopic (exact) mass is 358 g/mol. The highest BCUT2D eigenvalue weighted by molar-refractivity contribution is 7.89. The highest BCUT2D eigenvalue weighted by atomic mass is 32.2. The number of hydrogen-bond donors (Lipinski definition) is 1. The van der Waals surface area contributed by atoms with Crippen LogP contribution in [0, 0.1) is 12.8 Å². The minimum atomic E-state index is -3.55. The number of benzene rings is 2. The number of rotatable bonds is 4. The average Bonchev–Trinajstić information content (AvgIpc) is 2.62. The van der Waals surface area contributed by atoms with Crippen LogP contribution in [0.2, 0.25) is 0 Å². The van der Waals surface area contributed by atoms with Crippen molar-refractivity contribution < 1.29 is 13.2 Å². The lowest BCUT2D eigenvalue weighted by Crippen LogP contribution is -2.43. The molecule has 5 nitrogen and oxygen atoms in total. The minimum Gasteiger partial charge on any atom is -0.326 e. The number of amides is 1. The van der Waals surface area contributed by atoms with Crippen molar-refractivity contribution in [1.29, 1.82) is 0 Å². The summed E-state index contributed by atoms with van der Waals surface area (Å²) in [7, 11) is -3.55. The highest BCUT2D eigenvalue weighted by Crippen LogP contribution is 2.24. The molecule has 1 unspecified atom stereocenters. The summed E-state index contributed by atoms with van der Waals surface area (Å²) in [6.45, 7) is 2.63. The van der Waals surface area contributed by atoms with Gasteiger partial charge >= 0.3 is 0 Å². The second-order valence-electron chi connectivity index (χ2n) is 6.37. The first-order valence-electron chi connectivity index (χ1n) is 8.39. The van der Waals surface area contributed by atoms with E-state index in [1.807, 2.05) is 31.2 Å². The standard InChI is InChI=1S/C19H22N2O3S/c1-15-7-5-9-17(13-15)20-19(22)16-8-6-12-21(14-16)25(23,24)18-10-3-2-4-11-18/h2-5,7,9-11,13,16H,6,8,12,14H2,1H3,(H,20,22). The van der Waals surface area contributed by atoms with E-state index in [-0.39, 0.29) is 23.3 Å². The first kappa shape index (κ1) is 17.6. The maximum absolute atomic E-state index is 12.8. The third-order valence-corrected chi connectivity index (χ3v) is 6.30. The van der Waals surface area contributed by atoms with E-state index >= 15 is 0 Å². The van der Waals surface area contributed by atoms with E-state index in [1.165, 1.54) is 4.31 Å². The van der Waals surface area contributed by atoms with Crippen LogP contribution < -0.4 is 5.32 Å². The van der Waals surface area contributed by atoms with Crippen molar-refractivity contribution in [3.8, 4) is 0 Å². The molecule has 0 aliphatic carbocycles. The van der Waals surface area contributed by atoms with Crippen LogP contribution in [0.25, 0.3) is 0 Å². The average molecular weight is 358 g/mol. The molecule has 0 spiro atoms. The Morgan fingerprint density at radius 1 is 1.12 bits per heavy atom. The van der Waals surface area contributed by atoms with Gasteiger partial charge in [-0.15, -0.1) is 0 Å². The molecule has 6 heteroatoms. The van der Waals surface area contributed by atoms with E-state index < -0.39 is 10.0 Å². The quantitative estimate of drug-likeness (QED) is 0.913. The molecule has 1 fully saturated rings. The smallest absolute Gasteiger partial charge is 0.243 e. The molecule has 1 saturated heterocycles. The van der Waals surface area contributed by atoms with Crippen LogP contribution in [-0.2, 0) is 14.8 Å². The summed E-state index contributed by atoms with van der Waals surface area (Å²) in [4.78, 5) is 12.8. The molecule has 0 bridgehead atoms. The Bertz CT molecular complexity index is 850. The summed E-state index contributed by atoms with van der Waals surface area (Å²) in [5, 5.41) is 2.90. The number of hydrogen-bond acceptors (Lipinski definition) is 3. The molecule has 25 heavy (non-hydrogen) atoms. The molecule has 2 aromatic carbocycles. The topological polar surface area (TPSA) is 66.5 Å². The number of carbonyl (C=O) groups excluding carboxylic acids is 1. The van der Waals surface area contributed by atoms with E-state index in [1.54, 1.807) is 30.3 Å². The van der Waals surface area contributed by atoms with Crippen LogP contribution in [0.4, 0.5) is 5.69 Å². The molecular weight excluding hydrogens is 336 g/mol. The van der Waals surface area contributed by atoms with Gasteiger partial charge in [0.05, 0.1) is 10.8 Å². The van der Waals surface area contributed by atoms with Gasteiger partial charge in [0.25, 0.3) is 0 Å². The normalized spacial score (nSPS) is 18.7. The van der Waals surface area contributed by atoms with Crippen LogP contribution in [-0.4, -0.2) is 31.7 Å². The molecule has 132 valence electrons. The van der Waals surface area contributed by atoms with E-state index in [9.17, 15) is 13.2 Å². The summed E-state index contributed by atoms with van der Waals surface area (Å²) >= 11 is 0. The van der Waals surface area contributed by atoms with Gasteiger partial charge in [-0.25, -0.2) is 8.42 Å². The van der Waals surface area contributed by atoms with Crippen LogP contribution in [0.5, 0.6) is 0 Å². The van der Waals surface area contributed by atoms with E-state index in [2.05, 4.69) is 5.32 Å². The molecule has 1 atom stereocenters.